The summed E-state index contributed by atoms with van der Waals surface area (Å²) in [6.45, 7) is 0.653. The third kappa shape index (κ3) is 1.02. The minimum atomic E-state index is 0.653. The number of fused-ring (bicyclic) bond motifs is 1. The number of nitrogens with two attached hydrogens (primary N) is 1. The Kier molecular flexibility index (Phi) is 1.48. The third-order valence-electron chi connectivity index (χ3n) is 2.52. The van der Waals surface area contributed by atoms with Crippen molar-refractivity contribution in [3.63, 3.8) is 0 Å². The first kappa shape index (κ1) is 7.53. The molecule has 1 fully saturated rings. The van der Waals surface area contributed by atoms with Gasteiger partial charge in [0.1, 0.15) is 0 Å². The molecule has 2 N–H and O–H groups in total. The molecule has 0 bridgehead atoms. The zero-order valence-electron chi connectivity index (χ0n) is 7.23. The number of hydrogen-bond acceptors (Lipinski definition) is 3. The quantitative estimate of drug-likeness (QED) is 0.789. The lowest BCUT2D eigenvalue weighted by atomic mass is 10.2. The molecule has 2 aromatic heterocycles. The Balaban J connectivity index is 2.28. The van der Waals surface area contributed by atoms with Crippen molar-refractivity contribution in [2.45, 2.75) is 25.3 Å². The van der Waals surface area contributed by atoms with E-state index in [9.17, 15) is 0 Å². The van der Waals surface area contributed by atoms with Gasteiger partial charge in [0.15, 0.2) is 4.96 Å². The van der Waals surface area contributed by atoms with Gasteiger partial charge in [-0.2, -0.15) is 0 Å². The minimum Gasteiger partial charge on any atom is -0.326 e. The zero-order chi connectivity index (χ0) is 8.84. The first-order chi connectivity index (χ1) is 6.40. The van der Waals surface area contributed by atoms with Crippen LogP contribution in [0.15, 0.2) is 12.4 Å². The fraction of sp³-hybridized carbons (Fsp3) is 0.444. The Morgan fingerprint density at radius 1 is 1.62 bits per heavy atom. The average molecular weight is 193 g/mol. The van der Waals surface area contributed by atoms with E-state index in [2.05, 4.69) is 9.38 Å². The van der Waals surface area contributed by atoms with Crippen LogP contribution >= 0.6 is 11.3 Å². The van der Waals surface area contributed by atoms with E-state index < -0.39 is 0 Å². The van der Waals surface area contributed by atoms with Crippen molar-refractivity contribution in [3.8, 4) is 0 Å². The second-order valence-corrected chi connectivity index (χ2v) is 4.53. The summed E-state index contributed by atoms with van der Waals surface area (Å²) in [7, 11) is 0. The molecular formula is C9H11N3S. The van der Waals surface area contributed by atoms with Crippen LogP contribution in [0.5, 0.6) is 0 Å². The maximum absolute atomic E-state index is 5.71. The Morgan fingerprint density at radius 2 is 2.46 bits per heavy atom. The summed E-state index contributed by atoms with van der Waals surface area (Å²) in [4.78, 5) is 6.68. The largest absolute Gasteiger partial charge is 0.326 e. The van der Waals surface area contributed by atoms with Gasteiger partial charge in [-0.3, -0.25) is 4.40 Å². The lowest BCUT2D eigenvalue weighted by molar-refractivity contribution is 0.939. The molecule has 0 aliphatic heterocycles. The monoisotopic (exact) mass is 193 g/mol. The molecule has 1 aliphatic rings. The number of nitrogens with zero attached hydrogens (tertiary/aromatic N) is 2. The van der Waals surface area contributed by atoms with Gasteiger partial charge in [-0.15, -0.1) is 0 Å². The summed E-state index contributed by atoms with van der Waals surface area (Å²) < 4.78 is 2.20. The molecule has 4 heteroatoms. The van der Waals surface area contributed by atoms with Gasteiger partial charge in [0, 0.05) is 35.4 Å². The van der Waals surface area contributed by atoms with E-state index in [1.807, 2.05) is 12.4 Å². The smallest absolute Gasteiger partial charge is 0.194 e. The first-order valence-corrected chi connectivity index (χ1v) is 5.36. The van der Waals surface area contributed by atoms with E-state index in [1.54, 1.807) is 11.3 Å². The van der Waals surface area contributed by atoms with Gasteiger partial charge in [-0.1, -0.05) is 11.3 Å². The molecule has 0 saturated heterocycles. The van der Waals surface area contributed by atoms with E-state index >= 15 is 0 Å². The van der Waals surface area contributed by atoms with Crippen molar-refractivity contribution in [3.05, 3.63) is 23.0 Å². The maximum Gasteiger partial charge on any atom is 0.194 e. The van der Waals surface area contributed by atoms with Crippen molar-refractivity contribution < 1.29 is 0 Å². The molecule has 0 amide bonds. The second-order valence-electron chi connectivity index (χ2n) is 3.47. The number of thiazole rings is 1. The van der Waals surface area contributed by atoms with Crippen LogP contribution in [-0.2, 0) is 6.54 Å². The average Bonchev–Trinajstić information content (AvgIpc) is 2.77. The summed E-state index contributed by atoms with van der Waals surface area (Å²) in [6, 6.07) is 0. The number of rotatable bonds is 2. The van der Waals surface area contributed by atoms with Gasteiger partial charge in [0.05, 0.1) is 0 Å². The van der Waals surface area contributed by atoms with Gasteiger partial charge >= 0.3 is 0 Å². The van der Waals surface area contributed by atoms with Crippen LogP contribution in [0.25, 0.3) is 4.96 Å². The van der Waals surface area contributed by atoms with Gasteiger partial charge in [0.2, 0.25) is 0 Å². The molecule has 13 heavy (non-hydrogen) atoms. The van der Waals surface area contributed by atoms with Crippen molar-refractivity contribution in [2.75, 3.05) is 0 Å². The Hall–Kier alpha value is -0.870. The van der Waals surface area contributed by atoms with Gasteiger partial charge < -0.3 is 5.73 Å². The number of aromatic nitrogens is 2. The highest BCUT2D eigenvalue weighted by molar-refractivity contribution is 7.17. The second kappa shape index (κ2) is 2.56. The molecule has 0 radical (unpaired) electrons. The molecule has 3 nitrogen and oxygen atoms in total. The molecule has 1 aliphatic carbocycles. The van der Waals surface area contributed by atoms with Crippen LogP contribution in [0.2, 0.25) is 0 Å². The normalized spacial score (nSPS) is 17.0. The fourth-order valence-corrected chi connectivity index (χ4v) is 2.82. The molecule has 2 aromatic rings. The molecule has 0 spiro atoms. The molecule has 0 atom stereocenters. The highest BCUT2D eigenvalue weighted by Crippen LogP contribution is 2.43. The topological polar surface area (TPSA) is 43.3 Å². The van der Waals surface area contributed by atoms with Crippen LogP contribution in [0.1, 0.15) is 29.3 Å². The van der Waals surface area contributed by atoms with Crippen molar-refractivity contribution in [2.24, 2.45) is 5.73 Å². The number of imidazole rings is 1. The molecule has 0 unspecified atom stereocenters. The molecule has 0 aromatic carbocycles. The highest BCUT2D eigenvalue weighted by atomic mass is 32.1. The fourth-order valence-electron chi connectivity index (χ4n) is 1.77. The predicted octanol–water partition coefficient (Wildman–Crippen LogP) is 1.73. The van der Waals surface area contributed by atoms with Crippen LogP contribution in [0.3, 0.4) is 0 Å². The van der Waals surface area contributed by atoms with Crippen LogP contribution in [0.4, 0.5) is 0 Å². The van der Waals surface area contributed by atoms with Crippen molar-refractivity contribution >= 4 is 16.3 Å². The predicted molar refractivity (Wildman–Crippen MR) is 52.9 cm³/mol. The SMILES string of the molecule is NCc1sc2nccn2c1C1CC1. The zero-order valence-corrected chi connectivity index (χ0v) is 8.05. The summed E-state index contributed by atoms with van der Waals surface area (Å²) in [5, 5.41) is 0. The van der Waals surface area contributed by atoms with E-state index in [-0.39, 0.29) is 0 Å². The van der Waals surface area contributed by atoms with Gasteiger partial charge in [0.25, 0.3) is 0 Å². The van der Waals surface area contributed by atoms with Crippen molar-refractivity contribution in [1.82, 2.24) is 9.38 Å². The molecular weight excluding hydrogens is 182 g/mol. The van der Waals surface area contributed by atoms with Crippen LogP contribution < -0.4 is 5.73 Å². The first-order valence-electron chi connectivity index (χ1n) is 4.55. The standard InChI is InChI=1S/C9H11N3S/c10-5-7-8(6-1-2-6)12-4-3-11-9(12)13-7/h3-4,6H,1-2,5,10H2. The minimum absolute atomic E-state index is 0.653. The molecule has 2 heterocycles. The summed E-state index contributed by atoms with van der Waals surface area (Å²) in [5.41, 5.74) is 7.13. The summed E-state index contributed by atoms with van der Waals surface area (Å²) >= 11 is 1.73. The lowest BCUT2D eigenvalue weighted by Gasteiger charge is -1.98. The Bertz CT molecular complexity index is 439. The maximum atomic E-state index is 5.71. The van der Waals surface area contributed by atoms with Gasteiger partial charge in [-0.25, -0.2) is 4.98 Å². The molecule has 3 rings (SSSR count). The van der Waals surface area contributed by atoms with Gasteiger partial charge in [-0.05, 0) is 12.8 Å². The third-order valence-corrected chi connectivity index (χ3v) is 3.62. The van der Waals surface area contributed by atoms with E-state index in [0.29, 0.717) is 6.54 Å². The van der Waals surface area contributed by atoms with E-state index in [4.69, 9.17) is 5.73 Å². The highest BCUT2D eigenvalue weighted by Gasteiger charge is 2.29. The van der Waals surface area contributed by atoms with Crippen LogP contribution in [0, 0.1) is 0 Å². The Labute approximate surface area is 80.2 Å². The molecule has 1 saturated carbocycles. The lowest BCUT2D eigenvalue weighted by Crippen LogP contribution is -1.98. The van der Waals surface area contributed by atoms with E-state index in [0.717, 1.165) is 10.9 Å². The summed E-state index contributed by atoms with van der Waals surface area (Å²) in [6.07, 6.45) is 6.53. The van der Waals surface area contributed by atoms with Crippen molar-refractivity contribution in [1.29, 1.82) is 0 Å². The van der Waals surface area contributed by atoms with Crippen LogP contribution in [-0.4, -0.2) is 9.38 Å². The number of hydrogen-bond donors (Lipinski definition) is 1. The molecule has 68 valence electrons. The van der Waals surface area contributed by atoms with E-state index in [1.165, 1.54) is 23.4 Å². The Morgan fingerprint density at radius 3 is 3.15 bits per heavy atom. The summed E-state index contributed by atoms with van der Waals surface area (Å²) in [5.74, 6) is 0.751.